The number of carbonyl (C=O) groups excluding carboxylic acids is 1. The summed E-state index contributed by atoms with van der Waals surface area (Å²) in [5, 5.41) is 0. The van der Waals surface area contributed by atoms with Crippen molar-refractivity contribution >= 4 is 15.6 Å². The van der Waals surface area contributed by atoms with Crippen LogP contribution in [-0.2, 0) is 15.6 Å². The topological polar surface area (TPSA) is 51.2 Å². The van der Waals surface area contributed by atoms with E-state index in [0.717, 1.165) is 6.07 Å². The number of halogens is 1. The number of rotatable bonds is 0. The minimum absolute atomic E-state index is 0.0270. The molecule has 1 aliphatic heterocycles. The first-order chi connectivity index (χ1) is 9.40. The molecule has 0 N–H and O–H groups in total. The number of aryl methyl sites for hydroxylation is 1. The summed E-state index contributed by atoms with van der Waals surface area (Å²) in [6, 6.07) is 8.35. The van der Waals surface area contributed by atoms with Gasteiger partial charge in [-0.2, -0.15) is 0 Å². The Labute approximate surface area is 116 Å². The summed E-state index contributed by atoms with van der Waals surface area (Å²) in [5.41, 5.74) is 1.19. The van der Waals surface area contributed by atoms with E-state index >= 15 is 0 Å². The Morgan fingerprint density at radius 2 is 1.90 bits per heavy atom. The molecule has 20 heavy (non-hydrogen) atoms. The molecule has 0 bridgehead atoms. The lowest BCUT2D eigenvalue weighted by molar-refractivity contribution is 0.103. The van der Waals surface area contributed by atoms with Gasteiger partial charge in [-0.15, -0.1) is 0 Å². The Bertz CT molecular complexity index is 838. The molecule has 2 aromatic carbocycles. The van der Waals surface area contributed by atoms with E-state index in [9.17, 15) is 17.6 Å². The fraction of sp³-hybridized carbons (Fsp3) is 0.133. The van der Waals surface area contributed by atoms with Gasteiger partial charge in [0.2, 0.25) is 0 Å². The van der Waals surface area contributed by atoms with Gasteiger partial charge >= 0.3 is 0 Å². The number of benzene rings is 2. The van der Waals surface area contributed by atoms with E-state index in [-0.39, 0.29) is 21.8 Å². The molecular weight excluding hydrogens is 279 g/mol. The molecule has 3 rings (SSSR count). The van der Waals surface area contributed by atoms with Crippen LogP contribution in [0.25, 0.3) is 0 Å². The van der Waals surface area contributed by atoms with Crippen molar-refractivity contribution in [3.8, 4) is 0 Å². The van der Waals surface area contributed by atoms with Crippen molar-refractivity contribution in [1.29, 1.82) is 0 Å². The standard InChI is InChI=1S/C15H11FO3S/c1-9-3-2-4-13-14(9)15(17)12-7-11(16)6-5-10(12)8-20(13,18)19/h2-7H,8H2,1H3. The van der Waals surface area contributed by atoms with Crippen LogP contribution in [0, 0.1) is 12.7 Å². The Kier molecular flexibility index (Phi) is 2.76. The first-order valence-corrected chi connectivity index (χ1v) is 7.71. The van der Waals surface area contributed by atoms with Gasteiger partial charge in [0.05, 0.1) is 10.6 Å². The maximum Gasteiger partial charge on any atom is 0.195 e. The third-order valence-corrected chi connectivity index (χ3v) is 5.16. The largest absolute Gasteiger partial charge is 0.289 e. The number of carbonyl (C=O) groups is 1. The smallest absolute Gasteiger partial charge is 0.195 e. The van der Waals surface area contributed by atoms with E-state index in [2.05, 4.69) is 0 Å². The molecule has 1 aliphatic rings. The third kappa shape index (κ3) is 1.86. The predicted octanol–water partition coefficient (Wildman–Crippen LogP) is 2.65. The summed E-state index contributed by atoms with van der Waals surface area (Å²) < 4.78 is 38.2. The van der Waals surface area contributed by atoms with Crippen LogP contribution in [0.1, 0.15) is 27.0 Å². The van der Waals surface area contributed by atoms with Crippen LogP contribution in [0.5, 0.6) is 0 Å². The second-order valence-corrected chi connectivity index (χ2v) is 6.80. The average molecular weight is 290 g/mol. The van der Waals surface area contributed by atoms with E-state index in [1.807, 2.05) is 0 Å². The molecule has 2 aromatic rings. The van der Waals surface area contributed by atoms with Crippen molar-refractivity contribution in [2.24, 2.45) is 0 Å². The molecule has 0 aliphatic carbocycles. The van der Waals surface area contributed by atoms with Gasteiger partial charge in [-0.1, -0.05) is 18.2 Å². The zero-order valence-corrected chi connectivity index (χ0v) is 11.5. The number of hydrogen-bond donors (Lipinski definition) is 0. The zero-order valence-electron chi connectivity index (χ0n) is 10.7. The quantitative estimate of drug-likeness (QED) is 0.749. The van der Waals surface area contributed by atoms with E-state index in [1.54, 1.807) is 19.1 Å². The minimum atomic E-state index is -3.60. The average Bonchev–Trinajstić information content (AvgIpc) is 2.46. The summed E-state index contributed by atoms with van der Waals surface area (Å²) in [4.78, 5) is 12.6. The number of fused-ring (bicyclic) bond motifs is 2. The molecule has 3 nitrogen and oxygen atoms in total. The van der Waals surface area contributed by atoms with Crippen molar-refractivity contribution in [3.05, 3.63) is 64.5 Å². The Morgan fingerprint density at radius 1 is 1.15 bits per heavy atom. The van der Waals surface area contributed by atoms with E-state index in [1.165, 1.54) is 18.2 Å². The van der Waals surface area contributed by atoms with Gasteiger partial charge < -0.3 is 0 Å². The van der Waals surface area contributed by atoms with Crippen LogP contribution in [0.4, 0.5) is 4.39 Å². The molecule has 0 aromatic heterocycles. The molecule has 0 radical (unpaired) electrons. The van der Waals surface area contributed by atoms with Gasteiger partial charge in [0.25, 0.3) is 0 Å². The van der Waals surface area contributed by atoms with Crippen LogP contribution in [0.15, 0.2) is 41.3 Å². The molecule has 0 unspecified atom stereocenters. The normalized spacial score (nSPS) is 16.2. The van der Waals surface area contributed by atoms with Gasteiger partial charge in [-0.3, -0.25) is 4.79 Å². The van der Waals surface area contributed by atoms with Crippen LogP contribution in [-0.4, -0.2) is 14.2 Å². The predicted molar refractivity (Wildman–Crippen MR) is 71.9 cm³/mol. The highest BCUT2D eigenvalue weighted by molar-refractivity contribution is 7.90. The molecule has 1 heterocycles. The summed E-state index contributed by atoms with van der Waals surface area (Å²) in [5.74, 6) is -1.27. The van der Waals surface area contributed by atoms with Crippen molar-refractivity contribution in [1.82, 2.24) is 0 Å². The summed E-state index contributed by atoms with van der Waals surface area (Å²) in [7, 11) is -3.60. The van der Waals surface area contributed by atoms with Crippen molar-refractivity contribution in [2.75, 3.05) is 0 Å². The Balaban J connectivity index is 2.42. The van der Waals surface area contributed by atoms with Gasteiger partial charge in [-0.05, 0) is 36.2 Å². The first kappa shape index (κ1) is 13.0. The molecule has 0 amide bonds. The minimum Gasteiger partial charge on any atom is -0.289 e. The maximum absolute atomic E-state index is 13.4. The highest BCUT2D eigenvalue weighted by atomic mass is 32.2. The van der Waals surface area contributed by atoms with Gasteiger partial charge in [0.15, 0.2) is 15.6 Å². The summed E-state index contributed by atoms with van der Waals surface area (Å²) >= 11 is 0. The second-order valence-electron chi connectivity index (χ2n) is 4.84. The lowest BCUT2D eigenvalue weighted by atomic mass is 9.96. The summed E-state index contributed by atoms with van der Waals surface area (Å²) in [6.07, 6.45) is 0. The molecule has 0 fully saturated rings. The fourth-order valence-corrected chi connectivity index (χ4v) is 4.16. The first-order valence-electron chi connectivity index (χ1n) is 6.05. The SMILES string of the molecule is Cc1cccc2c1C(=O)c1cc(F)ccc1CS2(=O)=O. The van der Waals surface area contributed by atoms with Crippen molar-refractivity contribution < 1.29 is 17.6 Å². The monoisotopic (exact) mass is 290 g/mol. The van der Waals surface area contributed by atoms with Gasteiger partial charge in [-0.25, -0.2) is 12.8 Å². The molecule has 0 atom stereocenters. The molecule has 0 saturated heterocycles. The third-order valence-electron chi connectivity index (χ3n) is 3.46. The Hall–Kier alpha value is -2.01. The highest BCUT2D eigenvalue weighted by Gasteiger charge is 2.31. The molecular formula is C15H11FO3S. The van der Waals surface area contributed by atoms with E-state index < -0.39 is 21.4 Å². The van der Waals surface area contributed by atoms with Crippen LogP contribution in [0.2, 0.25) is 0 Å². The summed E-state index contributed by atoms with van der Waals surface area (Å²) in [6.45, 7) is 1.68. The number of hydrogen-bond acceptors (Lipinski definition) is 3. The second kappa shape index (κ2) is 4.24. The van der Waals surface area contributed by atoms with Crippen LogP contribution < -0.4 is 0 Å². The van der Waals surface area contributed by atoms with E-state index in [4.69, 9.17) is 0 Å². The zero-order chi connectivity index (χ0) is 14.5. The number of ketones is 1. The molecule has 0 saturated carbocycles. The lowest BCUT2D eigenvalue weighted by Crippen LogP contribution is -2.08. The Morgan fingerprint density at radius 3 is 2.65 bits per heavy atom. The van der Waals surface area contributed by atoms with Gasteiger partial charge in [0.1, 0.15) is 5.82 Å². The van der Waals surface area contributed by atoms with Crippen molar-refractivity contribution in [3.63, 3.8) is 0 Å². The maximum atomic E-state index is 13.4. The fourth-order valence-electron chi connectivity index (χ4n) is 2.49. The molecule has 5 heteroatoms. The van der Waals surface area contributed by atoms with Crippen molar-refractivity contribution in [2.45, 2.75) is 17.6 Å². The van der Waals surface area contributed by atoms with E-state index in [0.29, 0.717) is 11.1 Å². The number of sulfone groups is 1. The van der Waals surface area contributed by atoms with Gasteiger partial charge in [0, 0.05) is 11.1 Å². The molecule has 102 valence electrons. The van der Waals surface area contributed by atoms with Crippen LogP contribution >= 0.6 is 0 Å². The molecule has 0 spiro atoms. The van der Waals surface area contributed by atoms with Crippen LogP contribution in [0.3, 0.4) is 0 Å². The lowest BCUT2D eigenvalue weighted by Gasteiger charge is -2.07. The highest BCUT2D eigenvalue weighted by Crippen LogP contribution is 2.31.